The summed E-state index contributed by atoms with van der Waals surface area (Å²) in [5, 5.41) is 16.4. The smallest absolute Gasteiger partial charge is 0.222 e. The highest BCUT2D eigenvalue weighted by Crippen LogP contribution is 2.24. The molecule has 0 aliphatic heterocycles. The number of phenols is 1. The van der Waals surface area contributed by atoms with E-state index in [0.717, 1.165) is 17.5 Å². The number of hydrogen-bond donors (Lipinski definition) is 2. The first-order chi connectivity index (χ1) is 11.7. The number of amides is 1. The van der Waals surface area contributed by atoms with Gasteiger partial charge in [-0.1, -0.05) is 12.1 Å². The summed E-state index contributed by atoms with van der Waals surface area (Å²) in [5.74, 6) is 0.298. The zero-order valence-corrected chi connectivity index (χ0v) is 14.1. The summed E-state index contributed by atoms with van der Waals surface area (Å²) in [7, 11) is 0. The molecule has 4 nitrogen and oxygen atoms in total. The van der Waals surface area contributed by atoms with E-state index in [1.165, 1.54) is 0 Å². The molecular formula is C19H20N2O2S. The van der Waals surface area contributed by atoms with E-state index in [4.69, 9.17) is 0 Å². The minimum atomic E-state index is 0.0277. The highest BCUT2D eigenvalue weighted by atomic mass is 32.1. The summed E-state index contributed by atoms with van der Waals surface area (Å²) < 4.78 is 2.07. The number of carbonyl (C=O) groups is 1. The first kappa shape index (κ1) is 16.3. The molecule has 0 saturated carbocycles. The molecule has 1 amide bonds. The van der Waals surface area contributed by atoms with Crippen molar-refractivity contribution >= 4 is 17.2 Å². The SMILES string of the molecule is O=C(CC(c1ccsc1)n1cccc1)NCCc1ccc(O)cc1. The highest BCUT2D eigenvalue weighted by molar-refractivity contribution is 7.08. The Hall–Kier alpha value is -2.53. The molecule has 1 unspecified atom stereocenters. The van der Waals surface area contributed by atoms with Gasteiger partial charge in [-0.15, -0.1) is 0 Å². The Morgan fingerprint density at radius 1 is 1.17 bits per heavy atom. The zero-order chi connectivity index (χ0) is 16.8. The average molecular weight is 340 g/mol. The number of aromatic nitrogens is 1. The molecule has 1 aromatic carbocycles. The predicted octanol–water partition coefficient (Wildman–Crippen LogP) is 3.59. The van der Waals surface area contributed by atoms with E-state index >= 15 is 0 Å². The van der Waals surface area contributed by atoms with Crippen LogP contribution in [-0.2, 0) is 11.2 Å². The molecule has 3 rings (SSSR count). The summed E-state index contributed by atoms with van der Waals surface area (Å²) in [6.45, 7) is 0.589. The van der Waals surface area contributed by atoms with E-state index < -0.39 is 0 Å². The number of benzene rings is 1. The second-order valence-electron chi connectivity index (χ2n) is 5.67. The third-order valence-corrected chi connectivity index (χ3v) is 4.67. The Balaban J connectivity index is 1.55. The van der Waals surface area contributed by atoms with Crippen molar-refractivity contribution in [3.05, 3.63) is 76.7 Å². The van der Waals surface area contributed by atoms with E-state index in [1.807, 2.05) is 42.0 Å². The third-order valence-electron chi connectivity index (χ3n) is 3.97. The van der Waals surface area contributed by atoms with Gasteiger partial charge in [0.25, 0.3) is 0 Å². The minimum Gasteiger partial charge on any atom is -0.508 e. The quantitative estimate of drug-likeness (QED) is 0.690. The normalized spacial score (nSPS) is 12.0. The maximum atomic E-state index is 12.3. The van der Waals surface area contributed by atoms with Crippen molar-refractivity contribution in [3.8, 4) is 5.75 Å². The molecule has 0 aliphatic rings. The predicted molar refractivity (Wildman–Crippen MR) is 96.3 cm³/mol. The van der Waals surface area contributed by atoms with Gasteiger partial charge in [0.05, 0.1) is 12.5 Å². The van der Waals surface area contributed by atoms with Crippen molar-refractivity contribution in [2.24, 2.45) is 0 Å². The molecule has 0 spiro atoms. The van der Waals surface area contributed by atoms with Gasteiger partial charge >= 0.3 is 0 Å². The number of aromatic hydroxyl groups is 1. The molecule has 2 N–H and O–H groups in total. The maximum Gasteiger partial charge on any atom is 0.222 e. The van der Waals surface area contributed by atoms with Crippen molar-refractivity contribution in [3.63, 3.8) is 0 Å². The van der Waals surface area contributed by atoms with Crippen molar-refractivity contribution in [2.75, 3.05) is 6.54 Å². The lowest BCUT2D eigenvalue weighted by Crippen LogP contribution is -2.28. The lowest BCUT2D eigenvalue weighted by atomic mass is 10.1. The van der Waals surface area contributed by atoms with Gasteiger partial charge in [0, 0.05) is 18.9 Å². The molecular weight excluding hydrogens is 320 g/mol. The fourth-order valence-corrected chi connectivity index (χ4v) is 3.38. The summed E-state index contributed by atoms with van der Waals surface area (Å²) in [5.41, 5.74) is 2.25. The van der Waals surface area contributed by atoms with Crippen LogP contribution in [0.15, 0.2) is 65.6 Å². The standard InChI is InChI=1S/C19H20N2O2S/c22-17-5-3-15(4-6-17)7-9-20-19(23)13-18(16-8-12-24-14-16)21-10-1-2-11-21/h1-6,8,10-12,14,18,22H,7,9,13H2,(H,20,23). The van der Waals surface area contributed by atoms with Gasteiger partial charge in [0.1, 0.15) is 5.75 Å². The van der Waals surface area contributed by atoms with Crippen molar-refractivity contribution < 1.29 is 9.90 Å². The van der Waals surface area contributed by atoms with Gasteiger partial charge in [0.2, 0.25) is 5.91 Å². The van der Waals surface area contributed by atoms with Gasteiger partial charge in [-0.2, -0.15) is 11.3 Å². The minimum absolute atomic E-state index is 0.0277. The topological polar surface area (TPSA) is 54.3 Å². The average Bonchev–Trinajstić information content (AvgIpc) is 3.28. The lowest BCUT2D eigenvalue weighted by Gasteiger charge is -2.18. The lowest BCUT2D eigenvalue weighted by molar-refractivity contribution is -0.121. The van der Waals surface area contributed by atoms with E-state index in [0.29, 0.717) is 13.0 Å². The second-order valence-corrected chi connectivity index (χ2v) is 6.45. The molecule has 2 heterocycles. The highest BCUT2D eigenvalue weighted by Gasteiger charge is 2.17. The summed E-state index contributed by atoms with van der Waals surface area (Å²) >= 11 is 1.64. The maximum absolute atomic E-state index is 12.3. The number of phenolic OH excluding ortho intramolecular Hbond substituents is 1. The molecule has 124 valence electrons. The third kappa shape index (κ3) is 4.26. The molecule has 5 heteroatoms. The number of hydrogen-bond acceptors (Lipinski definition) is 3. The molecule has 0 aliphatic carbocycles. The van der Waals surface area contributed by atoms with Crippen molar-refractivity contribution in [1.29, 1.82) is 0 Å². The number of nitrogens with one attached hydrogen (secondary N) is 1. The van der Waals surface area contributed by atoms with Crippen LogP contribution >= 0.6 is 11.3 Å². The van der Waals surface area contributed by atoms with Crippen LogP contribution in [0.25, 0.3) is 0 Å². The molecule has 3 aromatic rings. The van der Waals surface area contributed by atoms with Gasteiger partial charge in [-0.3, -0.25) is 4.79 Å². The van der Waals surface area contributed by atoms with Crippen LogP contribution in [0.1, 0.15) is 23.6 Å². The summed E-state index contributed by atoms with van der Waals surface area (Å²) in [4.78, 5) is 12.3. The molecule has 24 heavy (non-hydrogen) atoms. The molecule has 0 fully saturated rings. The van der Waals surface area contributed by atoms with E-state index in [-0.39, 0.29) is 17.7 Å². The van der Waals surface area contributed by atoms with Gasteiger partial charge < -0.3 is 15.0 Å². The number of thiophene rings is 1. The van der Waals surface area contributed by atoms with Gasteiger partial charge in [-0.25, -0.2) is 0 Å². The number of carbonyl (C=O) groups excluding carboxylic acids is 1. The fourth-order valence-electron chi connectivity index (χ4n) is 2.67. The Labute approximate surface area is 145 Å². The Morgan fingerprint density at radius 2 is 1.92 bits per heavy atom. The van der Waals surface area contributed by atoms with Crippen LogP contribution in [0.4, 0.5) is 0 Å². The van der Waals surface area contributed by atoms with E-state index in [2.05, 4.69) is 21.3 Å². The Bertz CT molecular complexity index is 715. The first-order valence-electron chi connectivity index (χ1n) is 7.91. The fraction of sp³-hybridized carbons (Fsp3) is 0.211. The number of nitrogens with zero attached hydrogens (tertiary/aromatic N) is 1. The molecule has 0 radical (unpaired) electrons. The molecule has 2 aromatic heterocycles. The summed E-state index contributed by atoms with van der Waals surface area (Å²) in [6.07, 6.45) is 5.15. The van der Waals surface area contributed by atoms with Gasteiger partial charge in [-0.05, 0) is 58.6 Å². The summed E-state index contributed by atoms with van der Waals surface area (Å²) in [6, 6.07) is 13.1. The van der Waals surface area contributed by atoms with Gasteiger partial charge in [0.15, 0.2) is 0 Å². The Kier molecular flexibility index (Phi) is 5.33. The van der Waals surface area contributed by atoms with Crippen LogP contribution in [0.5, 0.6) is 5.75 Å². The zero-order valence-electron chi connectivity index (χ0n) is 13.3. The Morgan fingerprint density at radius 3 is 2.58 bits per heavy atom. The van der Waals surface area contributed by atoms with Crippen LogP contribution in [0.2, 0.25) is 0 Å². The first-order valence-corrected chi connectivity index (χ1v) is 8.86. The van der Waals surface area contributed by atoms with Crippen LogP contribution < -0.4 is 5.32 Å². The van der Waals surface area contributed by atoms with Crippen molar-refractivity contribution in [1.82, 2.24) is 9.88 Å². The molecule has 1 atom stereocenters. The van der Waals surface area contributed by atoms with E-state index in [1.54, 1.807) is 23.5 Å². The van der Waals surface area contributed by atoms with Crippen LogP contribution in [-0.4, -0.2) is 22.1 Å². The number of rotatable bonds is 7. The monoisotopic (exact) mass is 340 g/mol. The molecule has 0 bridgehead atoms. The van der Waals surface area contributed by atoms with Crippen LogP contribution in [0.3, 0.4) is 0 Å². The second kappa shape index (κ2) is 7.84. The van der Waals surface area contributed by atoms with Crippen LogP contribution in [0, 0.1) is 0 Å². The van der Waals surface area contributed by atoms with E-state index in [9.17, 15) is 9.90 Å². The molecule has 0 saturated heterocycles. The largest absolute Gasteiger partial charge is 0.508 e. The van der Waals surface area contributed by atoms with Crippen molar-refractivity contribution in [2.45, 2.75) is 18.9 Å².